The second-order valence-electron chi connectivity index (χ2n) is 5.54. The molecule has 0 N–H and O–H groups in total. The van der Waals surface area contributed by atoms with Crippen LogP contribution < -0.4 is 15.9 Å². The van der Waals surface area contributed by atoms with Crippen molar-refractivity contribution in [1.29, 1.82) is 0 Å². The Morgan fingerprint density at radius 2 is 1.17 bits per heavy atom. The van der Waals surface area contributed by atoms with Gasteiger partial charge in [-0.15, -0.1) is 0 Å². The van der Waals surface area contributed by atoms with Crippen LogP contribution in [0.15, 0.2) is 102 Å². The predicted octanol–water partition coefficient (Wildman–Crippen LogP) is 5.17. The van der Waals surface area contributed by atoms with Gasteiger partial charge in [0.25, 0.3) is 0 Å². The smallest absolute Gasteiger partial charge is 0.00145 e. The molecule has 3 aromatic carbocycles. The van der Waals surface area contributed by atoms with Crippen LogP contribution in [0.5, 0.6) is 0 Å². The van der Waals surface area contributed by atoms with Gasteiger partial charge in [0.05, 0.1) is 0 Å². The number of benzene rings is 3. The Balaban J connectivity index is 1.93. The van der Waals surface area contributed by atoms with Gasteiger partial charge in [-0.25, -0.2) is 0 Å². The van der Waals surface area contributed by atoms with E-state index in [2.05, 4.69) is 102 Å². The maximum atomic E-state index is 2.29. The van der Waals surface area contributed by atoms with Crippen molar-refractivity contribution in [3.8, 4) is 11.1 Å². The lowest BCUT2D eigenvalue weighted by Gasteiger charge is -2.22. The average Bonchev–Trinajstić information content (AvgIpc) is 3.19. The van der Waals surface area contributed by atoms with Crippen LogP contribution >= 0.6 is 19.3 Å². The molecule has 0 nitrogen and oxygen atoms in total. The zero-order valence-electron chi connectivity index (χ0n) is 13.2. The van der Waals surface area contributed by atoms with E-state index in [0.717, 1.165) is 0 Å². The van der Waals surface area contributed by atoms with Crippen LogP contribution in [0, 0.1) is 0 Å². The van der Waals surface area contributed by atoms with Crippen molar-refractivity contribution in [2.45, 2.75) is 0 Å². The molecule has 0 aliphatic heterocycles. The third-order valence-electron chi connectivity index (χ3n) is 4.01. The van der Waals surface area contributed by atoms with Crippen LogP contribution in [0.25, 0.3) is 11.1 Å². The Morgan fingerprint density at radius 1 is 0.583 bits per heavy atom. The molecule has 0 aliphatic rings. The lowest BCUT2D eigenvalue weighted by Crippen LogP contribution is -2.21. The molecule has 4 aromatic rings. The molecular weight excluding hydrogens is 327 g/mol. The molecular formula is C22H17PS. The molecule has 0 aliphatic carbocycles. The lowest BCUT2D eigenvalue weighted by atomic mass is 10.1. The number of hydrogen-bond donors (Lipinski definition) is 0. The number of hydrogen-bond acceptors (Lipinski definition) is 1. The average molecular weight is 344 g/mol. The fourth-order valence-corrected chi connectivity index (χ4v) is 6.04. The first kappa shape index (κ1) is 15.3. The SMILES string of the molecule is c1ccc(P(c2ccccc2)c2ccccc2-c2ccsc2)cc1. The van der Waals surface area contributed by atoms with E-state index in [0.29, 0.717) is 0 Å². The minimum absolute atomic E-state index is 0.567. The molecule has 0 saturated carbocycles. The second-order valence-corrected chi connectivity index (χ2v) is 8.50. The van der Waals surface area contributed by atoms with Gasteiger partial charge in [-0.1, -0.05) is 84.9 Å². The Morgan fingerprint density at radius 3 is 1.75 bits per heavy atom. The standard InChI is InChI=1S/C22H17PS/c1-3-9-19(10-4-1)23(20-11-5-2-6-12-20)22-14-8-7-13-21(22)18-15-16-24-17-18/h1-17H. The summed E-state index contributed by atoms with van der Waals surface area (Å²) in [5.41, 5.74) is 2.66. The van der Waals surface area contributed by atoms with E-state index in [1.165, 1.54) is 27.0 Å². The molecule has 1 aromatic heterocycles. The molecule has 4 rings (SSSR count). The summed E-state index contributed by atoms with van der Waals surface area (Å²) in [5, 5.41) is 8.59. The fraction of sp³-hybridized carbons (Fsp3) is 0. The van der Waals surface area contributed by atoms with Gasteiger partial charge < -0.3 is 0 Å². The van der Waals surface area contributed by atoms with E-state index in [-0.39, 0.29) is 0 Å². The maximum Gasteiger partial charge on any atom is -0.00145 e. The van der Waals surface area contributed by atoms with Crippen molar-refractivity contribution >= 4 is 35.2 Å². The van der Waals surface area contributed by atoms with E-state index in [1.54, 1.807) is 11.3 Å². The van der Waals surface area contributed by atoms with Gasteiger partial charge in [-0.05, 0) is 51.8 Å². The molecule has 0 amide bonds. The summed E-state index contributed by atoms with van der Waals surface area (Å²) in [5.74, 6) is 0. The first-order valence-corrected chi connectivity index (χ1v) is 10.2. The summed E-state index contributed by atoms with van der Waals surface area (Å²) >= 11 is 1.75. The topological polar surface area (TPSA) is 0 Å². The largest absolute Gasteiger partial charge is 0.152 e. The van der Waals surface area contributed by atoms with Gasteiger partial charge in [0.2, 0.25) is 0 Å². The minimum atomic E-state index is -0.567. The molecule has 0 unspecified atom stereocenters. The summed E-state index contributed by atoms with van der Waals surface area (Å²) in [6, 6.07) is 32.8. The molecule has 2 heteroatoms. The third-order valence-corrected chi connectivity index (χ3v) is 7.19. The van der Waals surface area contributed by atoms with E-state index in [9.17, 15) is 0 Å². The van der Waals surface area contributed by atoms with Crippen LogP contribution in [0.2, 0.25) is 0 Å². The highest BCUT2D eigenvalue weighted by atomic mass is 32.1. The van der Waals surface area contributed by atoms with E-state index in [4.69, 9.17) is 0 Å². The fourth-order valence-electron chi connectivity index (χ4n) is 2.91. The van der Waals surface area contributed by atoms with Crippen molar-refractivity contribution < 1.29 is 0 Å². The first-order valence-electron chi connectivity index (χ1n) is 7.95. The number of thiophene rings is 1. The molecule has 1 heterocycles. The molecule has 0 radical (unpaired) electrons. The van der Waals surface area contributed by atoms with Gasteiger partial charge in [0.15, 0.2) is 0 Å². The predicted molar refractivity (Wildman–Crippen MR) is 108 cm³/mol. The highest BCUT2D eigenvalue weighted by Crippen LogP contribution is 2.37. The van der Waals surface area contributed by atoms with Gasteiger partial charge in [-0.3, -0.25) is 0 Å². The third kappa shape index (κ3) is 3.06. The molecule has 0 spiro atoms. The number of rotatable bonds is 4. The second kappa shape index (κ2) is 7.13. The lowest BCUT2D eigenvalue weighted by molar-refractivity contribution is 1.71. The van der Waals surface area contributed by atoms with E-state index >= 15 is 0 Å². The Labute approximate surface area is 148 Å². The van der Waals surface area contributed by atoms with Crippen LogP contribution in [0.1, 0.15) is 0 Å². The summed E-state index contributed by atoms with van der Waals surface area (Å²) < 4.78 is 0. The minimum Gasteiger partial charge on any atom is -0.152 e. The molecule has 24 heavy (non-hydrogen) atoms. The zero-order valence-corrected chi connectivity index (χ0v) is 14.9. The summed E-state index contributed by atoms with van der Waals surface area (Å²) in [6.45, 7) is 0. The highest BCUT2D eigenvalue weighted by Gasteiger charge is 2.19. The highest BCUT2D eigenvalue weighted by molar-refractivity contribution is 7.80. The van der Waals surface area contributed by atoms with Crippen molar-refractivity contribution in [3.63, 3.8) is 0 Å². The maximum absolute atomic E-state index is 2.29. The Bertz CT molecular complexity index is 860. The summed E-state index contributed by atoms with van der Waals surface area (Å²) in [7, 11) is -0.567. The van der Waals surface area contributed by atoms with Crippen molar-refractivity contribution in [2.24, 2.45) is 0 Å². The summed E-state index contributed by atoms with van der Waals surface area (Å²) in [4.78, 5) is 0. The van der Waals surface area contributed by atoms with Crippen molar-refractivity contribution in [3.05, 3.63) is 102 Å². The van der Waals surface area contributed by atoms with Gasteiger partial charge in [0, 0.05) is 0 Å². The first-order chi connectivity index (χ1) is 11.9. The Kier molecular flexibility index (Phi) is 4.55. The monoisotopic (exact) mass is 344 g/mol. The zero-order chi connectivity index (χ0) is 16.2. The van der Waals surface area contributed by atoms with Crippen molar-refractivity contribution in [2.75, 3.05) is 0 Å². The van der Waals surface area contributed by atoms with E-state index in [1.807, 2.05) is 0 Å². The van der Waals surface area contributed by atoms with E-state index < -0.39 is 7.92 Å². The van der Waals surface area contributed by atoms with Crippen molar-refractivity contribution in [1.82, 2.24) is 0 Å². The van der Waals surface area contributed by atoms with Crippen LogP contribution in [0.4, 0.5) is 0 Å². The molecule has 0 saturated heterocycles. The van der Waals surface area contributed by atoms with Crippen LogP contribution in [-0.2, 0) is 0 Å². The van der Waals surface area contributed by atoms with Crippen LogP contribution in [-0.4, -0.2) is 0 Å². The molecule has 0 fully saturated rings. The molecule has 0 atom stereocenters. The van der Waals surface area contributed by atoms with Crippen LogP contribution in [0.3, 0.4) is 0 Å². The summed E-state index contributed by atoms with van der Waals surface area (Å²) in [6.07, 6.45) is 0. The molecule has 0 bridgehead atoms. The normalized spacial score (nSPS) is 10.9. The van der Waals surface area contributed by atoms with Gasteiger partial charge in [0.1, 0.15) is 0 Å². The quantitative estimate of drug-likeness (QED) is 0.448. The Hall–Kier alpha value is -2.21. The molecule has 116 valence electrons. The van der Waals surface area contributed by atoms with Gasteiger partial charge >= 0.3 is 0 Å². The van der Waals surface area contributed by atoms with Gasteiger partial charge in [-0.2, -0.15) is 11.3 Å².